The van der Waals surface area contributed by atoms with Gasteiger partial charge in [0, 0.05) is 22.7 Å². The molecule has 2 rings (SSSR count). The Morgan fingerprint density at radius 1 is 1.13 bits per heavy atom. The molecule has 2 amide bonds. The van der Waals surface area contributed by atoms with Crippen molar-refractivity contribution in [1.29, 1.82) is 0 Å². The molecule has 0 aliphatic carbocycles. The minimum Gasteiger partial charge on any atom is -0.357 e. The molecule has 10 heteroatoms. The SMILES string of the molecule is CNC(=O)C(C)N(Cc1ccccc1F)C(=O)CN(c1ccc(I)cc1)S(C)(=O)=O. The second-order valence-corrected chi connectivity index (χ2v) is 9.80. The summed E-state index contributed by atoms with van der Waals surface area (Å²) in [5, 5.41) is 2.46. The first-order valence-electron chi connectivity index (χ1n) is 9.02. The summed E-state index contributed by atoms with van der Waals surface area (Å²) in [5.74, 6) is -1.59. The molecule has 0 spiro atoms. The fourth-order valence-corrected chi connectivity index (χ4v) is 4.03. The van der Waals surface area contributed by atoms with Gasteiger partial charge in [0.05, 0.1) is 11.9 Å². The van der Waals surface area contributed by atoms with Crippen molar-refractivity contribution in [3.8, 4) is 0 Å². The van der Waals surface area contributed by atoms with Gasteiger partial charge < -0.3 is 10.2 Å². The van der Waals surface area contributed by atoms with Crippen LogP contribution >= 0.6 is 22.6 Å². The third-order valence-corrected chi connectivity index (χ3v) is 6.37. The summed E-state index contributed by atoms with van der Waals surface area (Å²) in [4.78, 5) is 26.5. The van der Waals surface area contributed by atoms with Crippen molar-refractivity contribution >= 4 is 50.1 Å². The number of likely N-dealkylation sites (N-methyl/N-ethyl adjacent to an activating group) is 1. The molecule has 1 N–H and O–H groups in total. The van der Waals surface area contributed by atoms with Gasteiger partial charge in [-0.15, -0.1) is 0 Å². The maximum absolute atomic E-state index is 14.2. The van der Waals surface area contributed by atoms with Gasteiger partial charge >= 0.3 is 0 Å². The number of nitrogens with zero attached hydrogens (tertiary/aromatic N) is 2. The Balaban J connectivity index is 2.38. The smallest absolute Gasteiger partial charge is 0.244 e. The molecule has 0 saturated heterocycles. The summed E-state index contributed by atoms with van der Waals surface area (Å²) in [6.45, 7) is 0.812. The quantitative estimate of drug-likeness (QED) is 0.515. The van der Waals surface area contributed by atoms with Gasteiger partial charge in [-0.25, -0.2) is 12.8 Å². The van der Waals surface area contributed by atoms with Crippen LogP contribution in [0, 0.1) is 9.39 Å². The van der Waals surface area contributed by atoms with Crippen molar-refractivity contribution in [3.63, 3.8) is 0 Å². The van der Waals surface area contributed by atoms with E-state index in [0.717, 1.165) is 14.1 Å². The molecular formula is C20H23FIN3O4S. The molecule has 0 aromatic heterocycles. The number of hydrogen-bond donors (Lipinski definition) is 1. The average molecular weight is 547 g/mol. The normalized spacial score (nSPS) is 12.2. The number of amides is 2. The van der Waals surface area contributed by atoms with Crippen LogP contribution < -0.4 is 9.62 Å². The van der Waals surface area contributed by atoms with Gasteiger partial charge in [-0.05, 0) is 59.8 Å². The van der Waals surface area contributed by atoms with Gasteiger partial charge in [0.1, 0.15) is 18.4 Å². The molecule has 0 aliphatic heterocycles. The van der Waals surface area contributed by atoms with Gasteiger partial charge in [0.15, 0.2) is 0 Å². The summed E-state index contributed by atoms with van der Waals surface area (Å²) < 4.78 is 40.8. The molecule has 0 heterocycles. The summed E-state index contributed by atoms with van der Waals surface area (Å²) >= 11 is 2.09. The Bertz CT molecular complexity index is 1010. The minimum atomic E-state index is -3.78. The predicted molar refractivity (Wildman–Crippen MR) is 122 cm³/mol. The minimum absolute atomic E-state index is 0.176. The van der Waals surface area contributed by atoms with E-state index in [4.69, 9.17) is 0 Å². The number of rotatable bonds is 8. The maximum Gasteiger partial charge on any atom is 0.244 e. The predicted octanol–water partition coefficient (Wildman–Crippen LogP) is 2.36. The van der Waals surface area contributed by atoms with E-state index in [1.54, 1.807) is 30.3 Å². The highest BCUT2D eigenvalue weighted by Crippen LogP contribution is 2.20. The zero-order valence-corrected chi connectivity index (χ0v) is 19.8. The Morgan fingerprint density at radius 3 is 2.27 bits per heavy atom. The third-order valence-electron chi connectivity index (χ3n) is 4.51. The molecule has 2 aromatic rings. The lowest BCUT2D eigenvalue weighted by atomic mass is 10.1. The van der Waals surface area contributed by atoms with Gasteiger partial charge in [0.2, 0.25) is 21.8 Å². The third kappa shape index (κ3) is 6.14. The highest BCUT2D eigenvalue weighted by atomic mass is 127. The Hall–Kier alpha value is -2.21. The zero-order valence-electron chi connectivity index (χ0n) is 16.8. The van der Waals surface area contributed by atoms with E-state index in [1.807, 2.05) is 0 Å². The van der Waals surface area contributed by atoms with Gasteiger partial charge in [-0.3, -0.25) is 13.9 Å². The molecule has 2 aromatic carbocycles. The molecule has 1 unspecified atom stereocenters. The molecule has 162 valence electrons. The highest BCUT2D eigenvalue weighted by molar-refractivity contribution is 14.1. The van der Waals surface area contributed by atoms with Crippen LogP contribution in [0.15, 0.2) is 48.5 Å². The number of carbonyl (C=O) groups is 2. The standard InChI is InChI=1S/C20H23FIN3O4S/c1-14(20(27)23-2)24(12-15-6-4-5-7-18(15)21)19(26)13-25(30(3,28)29)17-10-8-16(22)9-11-17/h4-11,14H,12-13H2,1-3H3,(H,23,27). The molecule has 0 aliphatic rings. The molecule has 7 nitrogen and oxygen atoms in total. The zero-order chi connectivity index (χ0) is 22.5. The number of nitrogens with one attached hydrogen (secondary N) is 1. The Labute approximate surface area is 189 Å². The van der Waals surface area contributed by atoms with Crippen LogP contribution in [0.4, 0.5) is 10.1 Å². The molecule has 0 saturated carbocycles. The van der Waals surface area contributed by atoms with E-state index in [1.165, 1.54) is 37.1 Å². The first kappa shape index (κ1) is 24.1. The van der Waals surface area contributed by atoms with Crippen molar-refractivity contribution < 1.29 is 22.4 Å². The number of hydrogen-bond acceptors (Lipinski definition) is 4. The van der Waals surface area contributed by atoms with Gasteiger partial charge in [-0.1, -0.05) is 18.2 Å². The van der Waals surface area contributed by atoms with Crippen LogP contribution in [0.5, 0.6) is 0 Å². The number of sulfonamides is 1. The molecule has 0 bridgehead atoms. The van der Waals surface area contributed by atoms with E-state index in [2.05, 4.69) is 27.9 Å². The summed E-state index contributed by atoms with van der Waals surface area (Å²) in [5.41, 5.74) is 0.548. The van der Waals surface area contributed by atoms with Crippen molar-refractivity contribution in [3.05, 3.63) is 63.5 Å². The summed E-state index contributed by atoms with van der Waals surface area (Å²) in [6, 6.07) is 11.6. The second-order valence-electron chi connectivity index (χ2n) is 6.65. The van der Waals surface area contributed by atoms with E-state index in [-0.39, 0.29) is 12.1 Å². The Kier molecular flexibility index (Phi) is 8.18. The first-order valence-corrected chi connectivity index (χ1v) is 11.9. The number of anilines is 1. The fourth-order valence-electron chi connectivity index (χ4n) is 2.82. The molecule has 0 radical (unpaired) electrons. The second kappa shape index (κ2) is 10.2. The molecule has 0 fully saturated rings. The lowest BCUT2D eigenvalue weighted by Crippen LogP contribution is -2.50. The van der Waals surface area contributed by atoms with Crippen LogP contribution in [0.2, 0.25) is 0 Å². The summed E-state index contributed by atoms with van der Waals surface area (Å²) in [7, 11) is -2.35. The van der Waals surface area contributed by atoms with Crippen molar-refractivity contribution in [2.24, 2.45) is 0 Å². The van der Waals surface area contributed by atoms with Gasteiger partial charge in [-0.2, -0.15) is 0 Å². The van der Waals surface area contributed by atoms with Crippen LogP contribution in [0.1, 0.15) is 12.5 Å². The summed E-state index contributed by atoms with van der Waals surface area (Å²) in [6.07, 6.45) is 1.00. The number of carbonyl (C=O) groups excluding carboxylic acids is 2. The maximum atomic E-state index is 14.2. The fraction of sp³-hybridized carbons (Fsp3) is 0.300. The van der Waals surface area contributed by atoms with E-state index < -0.39 is 40.2 Å². The average Bonchev–Trinajstić information content (AvgIpc) is 2.70. The lowest BCUT2D eigenvalue weighted by molar-refractivity contribution is -0.139. The van der Waals surface area contributed by atoms with Crippen molar-refractivity contribution in [2.45, 2.75) is 19.5 Å². The van der Waals surface area contributed by atoms with Crippen molar-refractivity contribution in [1.82, 2.24) is 10.2 Å². The van der Waals surface area contributed by atoms with Crippen LogP contribution in [-0.4, -0.2) is 51.0 Å². The van der Waals surface area contributed by atoms with E-state index in [9.17, 15) is 22.4 Å². The largest absolute Gasteiger partial charge is 0.357 e. The van der Waals surface area contributed by atoms with Gasteiger partial charge in [0.25, 0.3) is 0 Å². The molecular weight excluding hydrogens is 524 g/mol. The van der Waals surface area contributed by atoms with Crippen molar-refractivity contribution in [2.75, 3.05) is 24.2 Å². The monoisotopic (exact) mass is 547 g/mol. The Morgan fingerprint density at radius 2 is 1.73 bits per heavy atom. The van der Waals surface area contributed by atoms with Crippen LogP contribution in [0.25, 0.3) is 0 Å². The highest BCUT2D eigenvalue weighted by Gasteiger charge is 2.30. The molecule has 1 atom stereocenters. The van der Waals surface area contributed by atoms with E-state index in [0.29, 0.717) is 5.69 Å². The van der Waals surface area contributed by atoms with Crippen LogP contribution in [0.3, 0.4) is 0 Å². The lowest BCUT2D eigenvalue weighted by Gasteiger charge is -2.31. The van der Waals surface area contributed by atoms with E-state index >= 15 is 0 Å². The topological polar surface area (TPSA) is 86.8 Å². The van der Waals surface area contributed by atoms with Crippen LogP contribution in [-0.2, 0) is 26.2 Å². The number of halogens is 2. The number of benzene rings is 2. The molecule has 30 heavy (non-hydrogen) atoms. The first-order chi connectivity index (χ1) is 14.0.